The predicted octanol–water partition coefficient (Wildman–Crippen LogP) is 0.519. The lowest BCUT2D eigenvalue weighted by Gasteiger charge is -2.46. The van der Waals surface area contributed by atoms with Gasteiger partial charge in [-0.15, -0.1) is 0 Å². The van der Waals surface area contributed by atoms with Crippen LogP contribution in [0.2, 0.25) is 10.0 Å². The van der Waals surface area contributed by atoms with Crippen LogP contribution in [0.4, 0.5) is 0 Å². The monoisotopic (exact) mass is 1760 g/mol. The van der Waals surface area contributed by atoms with Crippen LogP contribution in [0, 0.1) is 5.92 Å². The highest BCUT2D eigenvalue weighted by Crippen LogP contribution is 2.50. The quantitative estimate of drug-likeness (QED) is 0.0494. The molecule has 0 spiro atoms. The molecule has 7 aromatic rings. The van der Waals surface area contributed by atoms with Crippen LogP contribution in [0.5, 0.6) is 46.0 Å². The van der Waals surface area contributed by atoms with Crippen molar-refractivity contribution in [2.75, 3.05) is 20.2 Å². The molecule has 11 bridgehead atoms. The molecule has 23 atom stereocenters. The van der Waals surface area contributed by atoms with E-state index in [4.69, 9.17) is 72.6 Å². The summed E-state index contributed by atoms with van der Waals surface area (Å²) in [7, 11) is 1.46. The number of carbonyl (C=O) groups excluding carboxylic acids is 7. The lowest BCUT2D eigenvalue weighted by atomic mass is 9.86. The molecule has 24 N–H and O–H groups in total. The fourth-order valence-corrected chi connectivity index (χ4v) is 16.1. The molecule has 3 saturated heterocycles. The van der Waals surface area contributed by atoms with Gasteiger partial charge in [0.2, 0.25) is 53.4 Å². The van der Waals surface area contributed by atoms with Gasteiger partial charge in [-0.2, -0.15) is 0 Å². The number of carbonyl (C=O) groups is 8. The lowest BCUT2D eigenvalue weighted by Crippen LogP contribution is -2.65. The Morgan fingerprint density at radius 2 is 1.28 bits per heavy atom. The van der Waals surface area contributed by atoms with E-state index < -0.39 is 279 Å². The van der Waals surface area contributed by atoms with Gasteiger partial charge in [-0.25, -0.2) is 4.79 Å². The number of aliphatic hydroxyl groups is 8. The number of primary amides is 1. The number of benzene rings is 6. The first-order chi connectivity index (χ1) is 58.9. The molecule has 1 aromatic heterocycles. The minimum absolute atomic E-state index is 0.128. The Morgan fingerprint density at radius 3 is 1.91 bits per heavy atom. The number of nitrogens with zero attached hydrogens (tertiary/aromatic N) is 1. The van der Waals surface area contributed by atoms with Crippen molar-refractivity contribution in [2.45, 2.75) is 193 Å². The third-order valence-corrected chi connectivity index (χ3v) is 22.8. The Bertz CT molecular complexity index is 5150. The SMILES string of the molecule is CN[C@H](CC(C)C)C(=O)N[C@H]1C(=O)N[C@@H](CC(N)=O)C(=O)N[C@H]2C(=O)N[C@H]3C(=O)N[C@H](C(=O)N[C@@H](C(=O)O)c4cc(O)cc(O)c4-c4cc3ccc4O)[C@H](OC3C[C@](C)(N)[C@@H](O)[C@H](C)O3)c3ccc(c(Cl)c3)Oc3cc2cc(c3O[C@@H]2O[C@H](CO)[C@@H](O[C@@H]3O[C@H](CNCc4ccc(-n5cccc5)cc4)[C@H](O)[C@H](O)[C@H]3O)[C@H](O)[C@H]2O)Oc2ccc(cc2Cl)[C@H]1O. The lowest BCUT2D eigenvalue weighted by molar-refractivity contribution is -0.350. The number of hydrogen-bond acceptors (Lipinski definition) is 30. The molecule has 124 heavy (non-hydrogen) atoms. The van der Waals surface area contributed by atoms with Crippen molar-refractivity contribution in [2.24, 2.45) is 17.4 Å². The number of aromatic nitrogens is 1. The van der Waals surface area contributed by atoms with E-state index in [1.807, 2.05) is 67.2 Å². The third kappa shape index (κ3) is 19.6. The summed E-state index contributed by atoms with van der Waals surface area (Å²) in [6.07, 6.45) is -25.3. The van der Waals surface area contributed by atoms with E-state index in [1.165, 1.54) is 33.0 Å². The largest absolute Gasteiger partial charge is 0.508 e. The highest BCUT2D eigenvalue weighted by Gasteiger charge is 2.53. The molecule has 8 aliphatic heterocycles. The van der Waals surface area contributed by atoms with E-state index in [0.29, 0.717) is 0 Å². The Labute approximate surface area is 716 Å². The molecule has 41 heteroatoms. The van der Waals surface area contributed by atoms with Crippen molar-refractivity contribution >= 4 is 70.5 Å². The van der Waals surface area contributed by atoms with E-state index >= 15 is 24.0 Å². The second kappa shape index (κ2) is 37.9. The minimum atomic E-state index is -2.42. The van der Waals surface area contributed by atoms with Gasteiger partial charge in [0, 0.05) is 65.9 Å². The number of ether oxygens (including phenoxy) is 8. The number of carboxylic acid groups (broad SMARTS) is 1. The number of nitrogens with two attached hydrogens (primary N) is 2. The first-order valence-corrected chi connectivity index (χ1v) is 40.2. The van der Waals surface area contributed by atoms with Gasteiger partial charge in [0.25, 0.3) is 0 Å². The van der Waals surface area contributed by atoms with E-state index in [9.17, 15) is 75.7 Å². The number of fused-ring (bicyclic) bond motifs is 15. The normalized spacial score (nSPS) is 29.9. The topological polar surface area (TPSA) is 606 Å². The maximum absolute atomic E-state index is 16.4. The number of likely N-dealkylation sites (N-methyl/N-ethyl adjacent to an activating group) is 1. The van der Waals surface area contributed by atoms with Crippen LogP contribution in [-0.4, -0.2) is 243 Å². The summed E-state index contributed by atoms with van der Waals surface area (Å²) in [6.45, 7) is 5.50. The van der Waals surface area contributed by atoms with Crippen molar-refractivity contribution < 1.29 is 138 Å². The highest BCUT2D eigenvalue weighted by molar-refractivity contribution is 6.32. The molecule has 6 aromatic carbocycles. The maximum atomic E-state index is 16.4. The molecule has 7 amide bonds. The number of nitrogens with one attached hydrogen (secondary N) is 8. The van der Waals surface area contributed by atoms with Crippen LogP contribution < -0.4 is 68.2 Å². The Morgan fingerprint density at radius 1 is 0.661 bits per heavy atom. The second-order valence-corrected chi connectivity index (χ2v) is 32.5. The molecule has 15 rings (SSSR count). The van der Waals surface area contributed by atoms with Crippen LogP contribution in [0.3, 0.4) is 0 Å². The van der Waals surface area contributed by atoms with Crippen molar-refractivity contribution in [3.8, 4) is 62.8 Å². The van der Waals surface area contributed by atoms with Crippen LogP contribution in [-0.2, 0) is 68.6 Å². The van der Waals surface area contributed by atoms with E-state index in [2.05, 4.69) is 42.5 Å². The van der Waals surface area contributed by atoms with Crippen LogP contribution in [0.1, 0.15) is 111 Å². The van der Waals surface area contributed by atoms with E-state index in [0.717, 1.165) is 78.0 Å². The number of aliphatic hydroxyl groups excluding tert-OH is 8. The standard InChI is InChI=1S/C83H95Cl2N11O28/c1-33(2)20-46(88-5)74(109)94-62-64(102)37-11-16-50(44(84)22-37)118-52-24-39-25-53(71(52)123-82-69(107)67(105)72(55(32-97)121-82)124-81-68(106)66(104)65(103)54(120-81)31-89-30-35-8-13-40(14-9-35)96-18-6-7-19-96)119-51-17-12-38(23-45(51)85)70(122-57-29-83(4,87)73(108)34(3)117-57)63-79(114)93-61(80(115)116)43-26-41(98)27-49(100)58(43)42-21-36(10-15-48(42)99)59(76(111)95-63)92-77(112)60(39)91-75(110)47(28-56(86)101)90-78(62)113/h6-19,21-27,33-34,46-47,54-55,57,59-70,72-73,81-82,88-89,97-100,102-108H,20,28-32,87H2,1-5H3,(H2,86,101)(H,90,113)(H,91,110)(H,92,112)(H,93,114)(H,94,109)(H,95,111)(H,115,116)/t34-,46+,47-,54+,55+,57?,59+,60+,61+,62+,63-,64+,65-,66-,67+,68+,69+,70+,72+,73-,81-,82-,83-/m0/s1. The van der Waals surface area contributed by atoms with Gasteiger partial charge in [0.05, 0.1) is 41.3 Å². The molecule has 0 radical (unpaired) electrons. The van der Waals surface area contributed by atoms with E-state index in [-0.39, 0.29) is 48.5 Å². The van der Waals surface area contributed by atoms with Gasteiger partial charge in [0.1, 0.15) is 120 Å². The summed E-state index contributed by atoms with van der Waals surface area (Å²) in [5.41, 5.74) is 9.71. The number of hydrogen-bond donors (Lipinski definition) is 22. The Balaban J connectivity index is 0.971. The number of halogens is 2. The fourth-order valence-electron chi connectivity index (χ4n) is 15.6. The molecule has 39 nitrogen and oxygen atoms in total. The van der Waals surface area contributed by atoms with Crippen molar-refractivity contribution in [1.29, 1.82) is 0 Å². The van der Waals surface area contributed by atoms with Gasteiger partial charge < -0.3 is 158 Å². The van der Waals surface area contributed by atoms with Gasteiger partial charge in [0.15, 0.2) is 30.1 Å². The first kappa shape index (κ1) is 90.8. The van der Waals surface area contributed by atoms with Gasteiger partial charge >= 0.3 is 5.97 Å². The number of phenols is 3. The number of aliphatic carboxylic acids is 1. The predicted molar refractivity (Wildman–Crippen MR) is 432 cm³/mol. The van der Waals surface area contributed by atoms with Crippen molar-refractivity contribution in [1.82, 2.24) is 47.1 Å². The Kier molecular flexibility index (Phi) is 27.7. The summed E-state index contributed by atoms with van der Waals surface area (Å²) < 4.78 is 53.1. The van der Waals surface area contributed by atoms with Crippen LogP contribution in [0.25, 0.3) is 16.8 Å². The molecule has 0 aliphatic carbocycles. The maximum Gasteiger partial charge on any atom is 0.330 e. The van der Waals surface area contributed by atoms with Crippen molar-refractivity contribution in [3.63, 3.8) is 0 Å². The molecule has 3 fully saturated rings. The van der Waals surface area contributed by atoms with Gasteiger partial charge in [-0.05, 0) is 140 Å². The zero-order valence-electron chi connectivity index (χ0n) is 66.9. The zero-order chi connectivity index (χ0) is 89.4. The molecule has 1 unspecified atom stereocenters. The number of phenolic OH excluding ortho intramolecular Hbond substituents is 3. The summed E-state index contributed by atoms with van der Waals surface area (Å²) in [4.78, 5) is 120. The summed E-state index contributed by atoms with van der Waals surface area (Å²) in [5, 5.41) is 159. The first-order valence-electron chi connectivity index (χ1n) is 39.4. The molecule has 664 valence electrons. The average molecular weight is 1770 g/mol. The van der Waals surface area contributed by atoms with Crippen LogP contribution >= 0.6 is 23.2 Å². The molecule has 8 aliphatic rings. The fraction of sp³-hybridized carbons (Fsp3) is 0.422. The smallest absolute Gasteiger partial charge is 0.330 e. The van der Waals surface area contributed by atoms with Gasteiger partial charge in [-0.3, -0.25) is 33.6 Å². The molecular weight excluding hydrogens is 1670 g/mol. The van der Waals surface area contributed by atoms with Crippen LogP contribution in [0.15, 0.2) is 128 Å². The third-order valence-electron chi connectivity index (χ3n) is 22.2. The summed E-state index contributed by atoms with van der Waals surface area (Å²) in [6, 6.07) is 10.3. The number of carboxylic acids is 1. The highest BCUT2D eigenvalue weighted by atomic mass is 35.5. The number of rotatable bonds is 20. The molecule has 0 saturated carbocycles. The summed E-state index contributed by atoms with van der Waals surface area (Å²) >= 11 is 14.5. The summed E-state index contributed by atoms with van der Waals surface area (Å²) in [5.74, 6) is -16.6. The van der Waals surface area contributed by atoms with E-state index in [1.54, 1.807) is 0 Å². The Hall–Kier alpha value is -10.9. The number of amides is 7. The average Bonchev–Trinajstić information content (AvgIpc) is 0.801. The minimum Gasteiger partial charge on any atom is -0.508 e. The van der Waals surface area contributed by atoms with Gasteiger partial charge in [-0.1, -0.05) is 67.4 Å². The molecule has 9 heterocycles. The number of aromatic hydroxyl groups is 3. The second-order valence-electron chi connectivity index (χ2n) is 31.7. The zero-order valence-corrected chi connectivity index (χ0v) is 68.4. The molecular formula is C83H95Cl2N11O28. The van der Waals surface area contributed by atoms with Crippen molar-refractivity contribution in [3.05, 3.63) is 171 Å².